The minimum absolute atomic E-state index is 0.123. The Balaban J connectivity index is 1.13. The van der Waals surface area contributed by atoms with Crippen molar-refractivity contribution in [1.29, 1.82) is 0 Å². The highest BCUT2D eigenvalue weighted by Gasteiger charge is 2.38. The SMILES string of the molecule is Clc1ccc(C2(CCCN3CCN(c4nc5ccccc5s4)CC3)COCc3ccccc32)cc1. The van der Waals surface area contributed by atoms with Gasteiger partial charge in [0, 0.05) is 36.6 Å². The van der Waals surface area contributed by atoms with Crippen molar-refractivity contribution in [3.05, 3.63) is 94.5 Å². The van der Waals surface area contributed by atoms with Crippen LogP contribution < -0.4 is 4.90 Å². The lowest BCUT2D eigenvalue weighted by molar-refractivity contribution is 0.0599. The van der Waals surface area contributed by atoms with Crippen LogP contribution in [0.5, 0.6) is 0 Å². The second kappa shape index (κ2) is 9.90. The van der Waals surface area contributed by atoms with Crippen LogP contribution in [0, 0.1) is 0 Å². The number of thiazole rings is 1. The van der Waals surface area contributed by atoms with Crippen LogP contribution in [0.15, 0.2) is 72.8 Å². The molecule has 0 saturated carbocycles. The second-order valence-electron chi connectivity index (χ2n) is 9.64. The molecule has 35 heavy (non-hydrogen) atoms. The molecule has 0 spiro atoms. The summed E-state index contributed by atoms with van der Waals surface area (Å²) >= 11 is 8.04. The van der Waals surface area contributed by atoms with E-state index in [0.717, 1.165) is 67.8 Å². The quantitative estimate of drug-likeness (QED) is 0.306. The minimum atomic E-state index is -0.123. The molecule has 2 aliphatic heterocycles. The van der Waals surface area contributed by atoms with Crippen molar-refractivity contribution in [3.63, 3.8) is 0 Å². The summed E-state index contributed by atoms with van der Waals surface area (Å²) in [5.41, 5.74) is 5.00. The number of rotatable bonds is 6. The van der Waals surface area contributed by atoms with Gasteiger partial charge in [0.1, 0.15) is 0 Å². The number of para-hydroxylation sites is 1. The molecular weight excluding hydrogens is 474 g/mol. The van der Waals surface area contributed by atoms with Crippen LogP contribution in [0.1, 0.15) is 29.5 Å². The molecule has 3 heterocycles. The van der Waals surface area contributed by atoms with Gasteiger partial charge in [-0.15, -0.1) is 0 Å². The molecule has 6 heteroatoms. The fourth-order valence-electron chi connectivity index (χ4n) is 5.65. The maximum Gasteiger partial charge on any atom is 0.186 e. The molecule has 1 aromatic heterocycles. The lowest BCUT2D eigenvalue weighted by Gasteiger charge is -2.41. The van der Waals surface area contributed by atoms with Crippen LogP contribution >= 0.6 is 22.9 Å². The van der Waals surface area contributed by atoms with E-state index in [0.29, 0.717) is 6.61 Å². The number of fused-ring (bicyclic) bond motifs is 2. The lowest BCUT2D eigenvalue weighted by Crippen LogP contribution is -2.47. The summed E-state index contributed by atoms with van der Waals surface area (Å²) in [6.45, 7) is 6.75. The number of halogens is 1. The fraction of sp³-hybridized carbons (Fsp3) is 0.345. The van der Waals surface area contributed by atoms with Crippen LogP contribution in [0.4, 0.5) is 5.13 Å². The first-order chi connectivity index (χ1) is 17.2. The van der Waals surface area contributed by atoms with Crippen molar-refractivity contribution in [2.24, 2.45) is 0 Å². The Hall–Kier alpha value is -2.44. The van der Waals surface area contributed by atoms with Crippen molar-refractivity contribution in [1.82, 2.24) is 9.88 Å². The van der Waals surface area contributed by atoms with E-state index in [-0.39, 0.29) is 5.41 Å². The minimum Gasteiger partial charge on any atom is -0.375 e. The number of ether oxygens (including phenoxy) is 1. The van der Waals surface area contributed by atoms with E-state index in [1.165, 1.54) is 21.4 Å². The molecule has 1 unspecified atom stereocenters. The Bertz CT molecular complexity index is 1270. The number of hydrogen-bond donors (Lipinski definition) is 0. The van der Waals surface area contributed by atoms with E-state index in [4.69, 9.17) is 21.3 Å². The van der Waals surface area contributed by atoms with Crippen LogP contribution in [-0.2, 0) is 16.8 Å². The molecule has 0 bridgehead atoms. The summed E-state index contributed by atoms with van der Waals surface area (Å²) in [5, 5.41) is 1.93. The molecule has 180 valence electrons. The third-order valence-electron chi connectivity index (χ3n) is 7.54. The molecule has 0 N–H and O–H groups in total. The predicted octanol–water partition coefficient (Wildman–Crippen LogP) is 6.37. The first-order valence-electron chi connectivity index (χ1n) is 12.5. The molecular formula is C29H30ClN3OS. The Morgan fingerprint density at radius 3 is 2.51 bits per heavy atom. The summed E-state index contributed by atoms with van der Waals surface area (Å²) in [7, 11) is 0. The maximum atomic E-state index is 6.24. The van der Waals surface area contributed by atoms with Crippen LogP contribution in [-0.4, -0.2) is 49.2 Å². The molecule has 0 amide bonds. The van der Waals surface area contributed by atoms with E-state index in [9.17, 15) is 0 Å². The number of aromatic nitrogens is 1. The largest absolute Gasteiger partial charge is 0.375 e. The van der Waals surface area contributed by atoms with Gasteiger partial charge in [-0.25, -0.2) is 4.98 Å². The predicted molar refractivity (Wildman–Crippen MR) is 146 cm³/mol. The molecule has 0 radical (unpaired) electrons. The van der Waals surface area contributed by atoms with Crippen molar-refractivity contribution in [3.8, 4) is 0 Å². The van der Waals surface area contributed by atoms with Gasteiger partial charge in [-0.2, -0.15) is 0 Å². The van der Waals surface area contributed by atoms with Crippen LogP contribution in [0.25, 0.3) is 10.2 Å². The normalized spacial score (nSPS) is 20.8. The van der Waals surface area contributed by atoms with Gasteiger partial charge >= 0.3 is 0 Å². The van der Waals surface area contributed by atoms with Crippen molar-refractivity contribution in [2.75, 3.05) is 44.2 Å². The zero-order chi connectivity index (χ0) is 23.7. The first-order valence-corrected chi connectivity index (χ1v) is 13.7. The van der Waals surface area contributed by atoms with Crippen molar-refractivity contribution < 1.29 is 4.74 Å². The van der Waals surface area contributed by atoms with Gasteiger partial charge in [0.25, 0.3) is 0 Å². The van der Waals surface area contributed by atoms with Crippen LogP contribution in [0.3, 0.4) is 0 Å². The Morgan fingerprint density at radius 1 is 0.914 bits per heavy atom. The van der Waals surface area contributed by atoms with Crippen molar-refractivity contribution in [2.45, 2.75) is 24.9 Å². The number of nitrogens with zero attached hydrogens (tertiary/aromatic N) is 3. The second-order valence-corrected chi connectivity index (χ2v) is 11.1. The summed E-state index contributed by atoms with van der Waals surface area (Å²) in [6.07, 6.45) is 2.19. The van der Waals surface area contributed by atoms with Gasteiger partial charge in [0.15, 0.2) is 5.13 Å². The fourth-order valence-corrected chi connectivity index (χ4v) is 6.79. The van der Waals surface area contributed by atoms with Gasteiger partial charge in [0.05, 0.1) is 23.4 Å². The first kappa shape index (κ1) is 23.0. The molecule has 4 aromatic rings. The zero-order valence-electron chi connectivity index (χ0n) is 19.8. The maximum absolute atomic E-state index is 6.24. The summed E-state index contributed by atoms with van der Waals surface area (Å²) in [6, 6.07) is 25.6. The lowest BCUT2D eigenvalue weighted by atomic mass is 9.69. The molecule has 2 aliphatic rings. The summed E-state index contributed by atoms with van der Waals surface area (Å²) in [5.74, 6) is 0. The number of anilines is 1. The molecule has 3 aromatic carbocycles. The van der Waals surface area contributed by atoms with Crippen molar-refractivity contribution >= 4 is 38.3 Å². The Labute approximate surface area is 216 Å². The third-order valence-corrected chi connectivity index (χ3v) is 8.89. The molecule has 1 saturated heterocycles. The topological polar surface area (TPSA) is 28.6 Å². The highest BCUT2D eigenvalue weighted by molar-refractivity contribution is 7.22. The third kappa shape index (κ3) is 4.58. The molecule has 0 aliphatic carbocycles. The molecule has 1 fully saturated rings. The van der Waals surface area contributed by atoms with E-state index >= 15 is 0 Å². The average molecular weight is 504 g/mol. The molecule has 4 nitrogen and oxygen atoms in total. The van der Waals surface area contributed by atoms with E-state index in [2.05, 4.69) is 70.5 Å². The highest BCUT2D eigenvalue weighted by atomic mass is 35.5. The van der Waals surface area contributed by atoms with Crippen LogP contribution in [0.2, 0.25) is 5.02 Å². The monoisotopic (exact) mass is 503 g/mol. The number of hydrogen-bond acceptors (Lipinski definition) is 5. The molecule has 6 rings (SSSR count). The summed E-state index contributed by atoms with van der Waals surface area (Å²) in [4.78, 5) is 9.91. The van der Waals surface area contributed by atoms with E-state index in [1.807, 2.05) is 12.1 Å². The number of benzene rings is 3. The summed E-state index contributed by atoms with van der Waals surface area (Å²) < 4.78 is 7.44. The van der Waals surface area contributed by atoms with E-state index in [1.54, 1.807) is 11.3 Å². The van der Waals surface area contributed by atoms with Gasteiger partial charge in [-0.3, -0.25) is 4.90 Å². The smallest absolute Gasteiger partial charge is 0.186 e. The Kier molecular flexibility index (Phi) is 6.50. The molecule has 1 atom stereocenters. The standard InChI is InChI=1S/C29H30ClN3OS/c30-24-12-10-23(11-13-24)29(21-34-20-22-6-1-2-7-25(22)29)14-5-15-32-16-18-33(19-17-32)28-31-26-8-3-4-9-27(26)35-28/h1-4,6-13H,5,14-21H2. The van der Waals surface area contributed by atoms with Gasteiger partial charge in [0.2, 0.25) is 0 Å². The van der Waals surface area contributed by atoms with E-state index < -0.39 is 0 Å². The highest BCUT2D eigenvalue weighted by Crippen LogP contribution is 2.42. The van der Waals surface area contributed by atoms with Gasteiger partial charge in [-0.05, 0) is 60.3 Å². The average Bonchev–Trinajstić information content (AvgIpc) is 3.34. The Morgan fingerprint density at radius 2 is 1.69 bits per heavy atom. The van der Waals surface area contributed by atoms with Gasteiger partial charge < -0.3 is 9.64 Å². The number of piperazine rings is 1. The van der Waals surface area contributed by atoms with Gasteiger partial charge in [-0.1, -0.05) is 71.5 Å². The zero-order valence-corrected chi connectivity index (χ0v) is 21.4.